The van der Waals surface area contributed by atoms with Crippen molar-refractivity contribution in [2.45, 2.75) is 38.7 Å². The van der Waals surface area contributed by atoms with Crippen LogP contribution in [0.1, 0.15) is 32.6 Å². The van der Waals surface area contributed by atoms with Crippen molar-refractivity contribution in [1.82, 2.24) is 10.6 Å². The van der Waals surface area contributed by atoms with Gasteiger partial charge in [0.25, 0.3) is 0 Å². The zero-order valence-corrected chi connectivity index (χ0v) is 9.55. The summed E-state index contributed by atoms with van der Waals surface area (Å²) in [6, 6.07) is 0. The summed E-state index contributed by atoms with van der Waals surface area (Å²) in [5, 5.41) is 6.04. The average Bonchev–Trinajstić information content (AvgIpc) is 2.26. The molecule has 2 N–H and O–H groups in total. The Kier molecular flexibility index (Phi) is 6.36. The topological polar surface area (TPSA) is 50.4 Å². The summed E-state index contributed by atoms with van der Waals surface area (Å²) in [5.74, 6) is 0.111. The molecule has 1 aliphatic heterocycles. The third-order valence-corrected chi connectivity index (χ3v) is 2.56. The summed E-state index contributed by atoms with van der Waals surface area (Å²) in [7, 11) is 0. The number of rotatable bonds is 6. The Bertz CT molecular complexity index is 179. The lowest BCUT2D eigenvalue weighted by molar-refractivity contribution is -0.124. The zero-order valence-electron chi connectivity index (χ0n) is 9.55. The Morgan fingerprint density at radius 3 is 2.93 bits per heavy atom. The van der Waals surface area contributed by atoms with Crippen molar-refractivity contribution >= 4 is 5.91 Å². The van der Waals surface area contributed by atoms with Crippen molar-refractivity contribution < 1.29 is 9.53 Å². The van der Waals surface area contributed by atoms with E-state index in [9.17, 15) is 4.79 Å². The van der Waals surface area contributed by atoms with Crippen LogP contribution in [0.25, 0.3) is 0 Å². The number of hydrogen-bond acceptors (Lipinski definition) is 3. The highest BCUT2D eigenvalue weighted by Crippen LogP contribution is 2.15. The highest BCUT2D eigenvalue weighted by Gasteiger charge is 2.16. The van der Waals surface area contributed by atoms with Crippen LogP contribution in [0.2, 0.25) is 0 Å². The first kappa shape index (κ1) is 12.5. The van der Waals surface area contributed by atoms with E-state index >= 15 is 0 Å². The SMILES string of the molecule is CCNCCNC(=O)CC1CCCCO1. The van der Waals surface area contributed by atoms with Crippen LogP contribution in [-0.2, 0) is 9.53 Å². The third-order valence-electron chi connectivity index (χ3n) is 2.56. The molecule has 4 nitrogen and oxygen atoms in total. The van der Waals surface area contributed by atoms with Crippen LogP contribution in [0.3, 0.4) is 0 Å². The predicted octanol–water partition coefficient (Wildman–Crippen LogP) is 0.671. The maximum absolute atomic E-state index is 11.5. The Morgan fingerprint density at radius 2 is 2.27 bits per heavy atom. The van der Waals surface area contributed by atoms with Crippen molar-refractivity contribution in [3.63, 3.8) is 0 Å². The molecule has 1 unspecified atom stereocenters. The number of likely N-dealkylation sites (N-methyl/N-ethyl adjacent to an activating group) is 1. The lowest BCUT2D eigenvalue weighted by atomic mass is 10.1. The highest BCUT2D eigenvalue weighted by molar-refractivity contribution is 5.76. The van der Waals surface area contributed by atoms with Crippen molar-refractivity contribution in [1.29, 1.82) is 0 Å². The molecule has 4 heteroatoms. The molecule has 88 valence electrons. The molecule has 1 saturated heterocycles. The van der Waals surface area contributed by atoms with Crippen LogP contribution in [0, 0.1) is 0 Å². The van der Waals surface area contributed by atoms with Gasteiger partial charge in [0.2, 0.25) is 5.91 Å². The second-order valence-corrected chi connectivity index (χ2v) is 3.90. The molecule has 1 fully saturated rings. The summed E-state index contributed by atoms with van der Waals surface area (Å²) >= 11 is 0. The summed E-state index contributed by atoms with van der Waals surface area (Å²) in [6.45, 7) is 5.36. The van der Waals surface area contributed by atoms with Crippen molar-refractivity contribution in [2.75, 3.05) is 26.2 Å². The van der Waals surface area contributed by atoms with Gasteiger partial charge in [-0.1, -0.05) is 6.92 Å². The average molecular weight is 214 g/mol. The van der Waals surface area contributed by atoms with E-state index in [2.05, 4.69) is 17.6 Å². The van der Waals surface area contributed by atoms with Gasteiger partial charge in [0.1, 0.15) is 0 Å². The van der Waals surface area contributed by atoms with Crippen molar-refractivity contribution in [3.8, 4) is 0 Å². The fourth-order valence-corrected chi connectivity index (χ4v) is 1.71. The summed E-state index contributed by atoms with van der Waals surface area (Å²) < 4.78 is 5.50. The smallest absolute Gasteiger partial charge is 0.222 e. The number of nitrogens with one attached hydrogen (secondary N) is 2. The molecule has 0 aromatic carbocycles. The fraction of sp³-hybridized carbons (Fsp3) is 0.909. The molecule has 15 heavy (non-hydrogen) atoms. The van der Waals surface area contributed by atoms with E-state index in [1.54, 1.807) is 0 Å². The van der Waals surface area contributed by atoms with Crippen LogP contribution >= 0.6 is 0 Å². The number of hydrogen-bond donors (Lipinski definition) is 2. The van der Waals surface area contributed by atoms with Crippen LogP contribution in [-0.4, -0.2) is 38.3 Å². The number of ether oxygens (including phenoxy) is 1. The number of amides is 1. The molecule has 1 aliphatic rings. The molecular formula is C11H22N2O2. The minimum atomic E-state index is 0.111. The Morgan fingerprint density at radius 1 is 1.40 bits per heavy atom. The summed E-state index contributed by atoms with van der Waals surface area (Å²) in [6.07, 6.45) is 4.03. The van der Waals surface area contributed by atoms with Crippen LogP contribution in [0.5, 0.6) is 0 Å². The molecule has 0 spiro atoms. The molecular weight excluding hydrogens is 192 g/mol. The first-order valence-corrected chi connectivity index (χ1v) is 5.92. The van der Waals surface area contributed by atoms with E-state index in [1.807, 2.05) is 0 Å². The van der Waals surface area contributed by atoms with Gasteiger partial charge in [-0.3, -0.25) is 4.79 Å². The minimum absolute atomic E-state index is 0.111. The summed E-state index contributed by atoms with van der Waals surface area (Å²) in [4.78, 5) is 11.5. The zero-order chi connectivity index (χ0) is 10.9. The van der Waals surface area contributed by atoms with E-state index in [0.717, 1.165) is 32.5 Å². The van der Waals surface area contributed by atoms with Crippen LogP contribution < -0.4 is 10.6 Å². The maximum Gasteiger partial charge on any atom is 0.222 e. The van der Waals surface area contributed by atoms with Gasteiger partial charge in [-0.15, -0.1) is 0 Å². The van der Waals surface area contributed by atoms with Gasteiger partial charge in [-0.2, -0.15) is 0 Å². The molecule has 1 amide bonds. The van der Waals surface area contributed by atoms with E-state index in [4.69, 9.17) is 4.74 Å². The monoisotopic (exact) mass is 214 g/mol. The molecule has 1 atom stereocenters. The quantitative estimate of drug-likeness (QED) is 0.639. The van der Waals surface area contributed by atoms with Gasteiger partial charge < -0.3 is 15.4 Å². The van der Waals surface area contributed by atoms with E-state index in [0.29, 0.717) is 13.0 Å². The Balaban J connectivity index is 2.01. The van der Waals surface area contributed by atoms with E-state index < -0.39 is 0 Å². The van der Waals surface area contributed by atoms with Gasteiger partial charge >= 0.3 is 0 Å². The lowest BCUT2D eigenvalue weighted by Crippen LogP contribution is -2.34. The number of carbonyl (C=O) groups excluding carboxylic acids is 1. The molecule has 0 aromatic rings. The van der Waals surface area contributed by atoms with Crippen LogP contribution in [0.15, 0.2) is 0 Å². The summed E-state index contributed by atoms with van der Waals surface area (Å²) in [5.41, 5.74) is 0. The lowest BCUT2D eigenvalue weighted by Gasteiger charge is -2.21. The second kappa shape index (κ2) is 7.65. The first-order valence-electron chi connectivity index (χ1n) is 5.92. The second-order valence-electron chi connectivity index (χ2n) is 3.90. The van der Waals surface area contributed by atoms with Gasteiger partial charge in [0.05, 0.1) is 12.5 Å². The fourth-order valence-electron chi connectivity index (χ4n) is 1.71. The standard InChI is InChI=1S/C11H22N2O2/c1-2-12-6-7-13-11(14)9-10-5-3-4-8-15-10/h10,12H,2-9H2,1H3,(H,13,14). The van der Waals surface area contributed by atoms with E-state index in [-0.39, 0.29) is 12.0 Å². The third kappa shape index (κ3) is 5.74. The highest BCUT2D eigenvalue weighted by atomic mass is 16.5. The number of carbonyl (C=O) groups is 1. The largest absolute Gasteiger partial charge is 0.378 e. The van der Waals surface area contributed by atoms with Crippen molar-refractivity contribution in [3.05, 3.63) is 0 Å². The maximum atomic E-state index is 11.5. The first-order chi connectivity index (χ1) is 7.33. The molecule has 1 heterocycles. The molecule has 0 aromatic heterocycles. The van der Waals surface area contributed by atoms with Gasteiger partial charge in [-0.25, -0.2) is 0 Å². The van der Waals surface area contributed by atoms with Gasteiger partial charge in [0.15, 0.2) is 0 Å². The minimum Gasteiger partial charge on any atom is -0.378 e. The molecule has 0 radical (unpaired) electrons. The molecule has 0 aliphatic carbocycles. The Labute approximate surface area is 91.8 Å². The normalized spacial score (nSPS) is 21.3. The van der Waals surface area contributed by atoms with Gasteiger partial charge in [-0.05, 0) is 25.8 Å². The molecule has 1 rings (SSSR count). The van der Waals surface area contributed by atoms with E-state index in [1.165, 1.54) is 6.42 Å². The van der Waals surface area contributed by atoms with Gasteiger partial charge in [0, 0.05) is 19.7 Å². The predicted molar refractivity (Wildman–Crippen MR) is 59.8 cm³/mol. The van der Waals surface area contributed by atoms with Crippen molar-refractivity contribution in [2.24, 2.45) is 0 Å². The van der Waals surface area contributed by atoms with Crippen LogP contribution in [0.4, 0.5) is 0 Å². The molecule has 0 bridgehead atoms. The molecule has 0 saturated carbocycles. The Hall–Kier alpha value is -0.610.